The predicted molar refractivity (Wildman–Crippen MR) is 55.1 cm³/mol. The van der Waals surface area contributed by atoms with E-state index in [-0.39, 0.29) is 11.9 Å². The lowest BCUT2D eigenvalue weighted by Gasteiger charge is -2.14. The van der Waals surface area contributed by atoms with E-state index in [4.69, 9.17) is 11.5 Å². The van der Waals surface area contributed by atoms with E-state index in [1.54, 1.807) is 0 Å². The normalized spacial score (nSPS) is 15.1. The number of carbonyl (C=O) groups excluding carboxylic acids is 1. The maximum atomic E-state index is 11.1. The molecule has 0 fully saturated rings. The van der Waals surface area contributed by atoms with Gasteiger partial charge in [0, 0.05) is 11.6 Å². The molecule has 0 aromatic carbocycles. The summed E-state index contributed by atoms with van der Waals surface area (Å²) >= 11 is 0. The number of rotatable bonds is 5. The Bertz CT molecular complexity index is 207. The minimum absolute atomic E-state index is 0.0703. The van der Waals surface area contributed by atoms with E-state index < -0.39 is 0 Å². The van der Waals surface area contributed by atoms with Crippen LogP contribution in [0.5, 0.6) is 0 Å². The second-order valence-corrected chi connectivity index (χ2v) is 3.26. The van der Waals surface area contributed by atoms with Crippen LogP contribution in [0.2, 0.25) is 0 Å². The average Bonchev–Trinajstić information content (AvgIpc) is 2.03. The van der Waals surface area contributed by atoms with Crippen molar-refractivity contribution in [1.82, 2.24) is 0 Å². The van der Waals surface area contributed by atoms with Gasteiger partial charge in [-0.05, 0) is 25.3 Å². The Balaban J connectivity index is 4.88. The van der Waals surface area contributed by atoms with E-state index in [2.05, 4.69) is 0 Å². The average molecular weight is 184 g/mol. The Labute approximate surface area is 80.2 Å². The van der Waals surface area contributed by atoms with Crippen LogP contribution in [-0.4, -0.2) is 11.9 Å². The SMILES string of the molecule is CCC/C(C(N)=O)=C(\CC)C(C)N. The molecular weight excluding hydrogens is 164 g/mol. The summed E-state index contributed by atoms with van der Waals surface area (Å²) in [4.78, 5) is 11.1. The van der Waals surface area contributed by atoms with Crippen LogP contribution in [0.4, 0.5) is 0 Å². The largest absolute Gasteiger partial charge is 0.366 e. The topological polar surface area (TPSA) is 69.1 Å². The number of hydrogen-bond donors (Lipinski definition) is 2. The highest BCUT2D eigenvalue weighted by Crippen LogP contribution is 2.16. The molecular formula is C10H20N2O. The Morgan fingerprint density at radius 1 is 1.38 bits per heavy atom. The number of primary amides is 1. The highest BCUT2D eigenvalue weighted by atomic mass is 16.1. The molecule has 0 aliphatic heterocycles. The molecule has 0 aromatic heterocycles. The fourth-order valence-corrected chi connectivity index (χ4v) is 1.50. The van der Waals surface area contributed by atoms with Crippen molar-refractivity contribution in [2.45, 2.75) is 46.1 Å². The summed E-state index contributed by atoms with van der Waals surface area (Å²) in [6.45, 7) is 5.91. The zero-order valence-electron chi connectivity index (χ0n) is 8.76. The van der Waals surface area contributed by atoms with Crippen LogP contribution in [0.25, 0.3) is 0 Å². The lowest BCUT2D eigenvalue weighted by atomic mass is 9.96. The molecule has 0 spiro atoms. The molecule has 4 N–H and O–H groups in total. The van der Waals surface area contributed by atoms with Crippen LogP contribution in [0, 0.1) is 0 Å². The van der Waals surface area contributed by atoms with E-state index in [0.717, 1.165) is 30.4 Å². The van der Waals surface area contributed by atoms with Crippen LogP contribution in [0.1, 0.15) is 40.0 Å². The van der Waals surface area contributed by atoms with Gasteiger partial charge in [0.05, 0.1) is 0 Å². The van der Waals surface area contributed by atoms with Gasteiger partial charge in [-0.15, -0.1) is 0 Å². The van der Waals surface area contributed by atoms with Crippen molar-refractivity contribution in [1.29, 1.82) is 0 Å². The second-order valence-electron chi connectivity index (χ2n) is 3.26. The van der Waals surface area contributed by atoms with Gasteiger partial charge < -0.3 is 11.5 Å². The first kappa shape index (κ1) is 12.2. The number of nitrogens with two attached hydrogens (primary N) is 2. The van der Waals surface area contributed by atoms with Crippen LogP contribution in [0.15, 0.2) is 11.1 Å². The van der Waals surface area contributed by atoms with Gasteiger partial charge in [-0.25, -0.2) is 0 Å². The Morgan fingerprint density at radius 2 is 1.92 bits per heavy atom. The summed E-state index contributed by atoms with van der Waals surface area (Å²) in [7, 11) is 0. The molecule has 1 unspecified atom stereocenters. The maximum Gasteiger partial charge on any atom is 0.244 e. The van der Waals surface area contributed by atoms with Gasteiger partial charge >= 0.3 is 0 Å². The quantitative estimate of drug-likeness (QED) is 0.633. The molecule has 0 aromatic rings. The van der Waals surface area contributed by atoms with Crippen molar-refractivity contribution in [2.75, 3.05) is 0 Å². The monoisotopic (exact) mass is 184 g/mol. The molecule has 3 nitrogen and oxygen atoms in total. The molecule has 13 heavy (non-hydrogen) atoms. The van der Waals surface area contributed by atoms with Crippen LogP contribution in [-0.2, 0) is 4.79 Å². The molecule has 0 heterocycles. The molecule has 1 amide bonds. The summed E-state index contributed by atoms with van der Waals surface area (Å²) in [5.41, 5.74) is 12.8. The molecule has 0 bridgehead atoms. The molecule has 0 rings (SSSR count). The Hall–Kier alpha value is -0.830. The lowest BCUT2D eigenvalue weighted by molar-refractivity contribution is -0.114. The van der Waals surface area contributed by atoms with Gasteiger partial charge in [0.25, 0.3) is 0 Å². The third-order valence-electron chi connectivity index (χ3n) is 2.12. The molecule has 0 aliphatic rings. The molecule has 3 heteroatoms. The van der Waals surface area contributed by atoms with Crippen molar-refractivity contribution in [2.24, 2.45) is 11.5 Å². The van der Waals surface area contributed by atoms with Gasteiger partial charge in [0.1, 0.15) is 0 Å². The summed E-state index contributed by atoms with van der Waals surface area (Å²) in [6, 6.07) is -0.0703. The van der Waals surface area contributed by atoms with Crippen LogP contribution in [0.3, 0.4) is 0 Å². The van der Waals surface area contributed by atoms with E-state index in [1.165, 1.54) is 0 Å². The van der Waals surface area contributed by atoms with Gasteiger partial charge in [0.15, 0.2) is 0 Å². The van der Waals surface area contributed by atoms with Gasteiger partial charge in [0.2, 0.25) is 5.91 Å². The van der Waals surface area contributed by atoms with Crippen molar-refractivity contribution < 1.29 is 4.79 Å². The Morgan fingerprint density at radius 3 is 2.15 bits per heavy atom. The molecule has 76 valence electrons. The van der Waals surface area contributed by atoms with Crippen molar-refractivity contribution in [3.63, 3.8) is 0 Å². The van der Waals surface area contributed by atoms with E-state index in [1.807, 2.05) is 20.8 Å². The molecule has 0 aliphatic carbocycles. The fourth-order valence-electron chi connectivity index (χ4n) is 1.50. The first-order valence-electron chi connectivity index (χ1n) is 4.81. The van der Waals surface area contributed by atoms with E-state index in [9.17, 15) is 4.79 Å². The third kappa shape index (κ3) is 3.59. The summed E-state index contributed by atoms with van der Waals surface area (Å²) in [5.74, 6) is -0.323. The molecule has 0 saturated carbocycles. The standard InChI is InChI=1S/C10H20N2O/c1-4-6-9(10(12)13)8(5-2)7(3)11/h7H,4-6,11H2,1-3H3,(H2,12,13)/b9-8-. The summed E-state index contributed by atoms with van der Waals surface area (Å²) in [6.07, 6.45) is 2.46. The van der Waals surface area contributed by atoms with Gasteiger partial charge in [-0.3, -0.25) is 4.79 Å². The third-order valence-corrected chi connectivity index (χ3v) is 2.12. The second kappa shape index (κ2) is 5.75. The van der Waals surface area contributed by atoms with Crippen molar-refractivity contribution >= 4 is 5.91 Å². The van der Waals surface area contributed by atoms with Crippen molar-refractivity contribution in [3.8, 4) is 0 Å². The van der Waals surface area contributed by atoms with E-state index >= 15 is 0 Å². The first-order chi connectivity index (χ1) is 6.04. The zero-order chi connectivity index (χ0) is 10.4. The van der Waals surface area contributed by atoms with E-state index in [0.29, 0.717) is 0 Å². The lowest BCUT2D eigenvalue weighted by Crippen LogP contribution is -2.24. The summed E-state index contributed by atoms with van der Waals surface area (Å²) < 4.78 is 0. The zero-order valence-corrected chi connectivity index (χ0v) is 8.76. The number of amides is 1. The maximum absolute atomic E-state index is 11.1. The number of hydrogen-bond acceptors (Lipinski definition) is 2. The highest BCUT2D eigenvalue weighted by Gasteiger charge is 2.12. The minimum Gasteiger partial charge on any atom is -0.366 e. The van der Waals surface area contributed by atoms with Crippen LogP contribution >= 0.6 is 0 Å². The Kier molecular flexibility index (Phi) is 5.39. The van der Waals surface area contributed by atoms with Crippen molar-refractivity contribution in [3.05, 3.63) is 11.1 Å². The first-order valence-corrected chi connectivity index (χ1v) is 4.81. The predicted octanol–water partition coefficient (Wildman–Crippen LogP) is 1.33. The smallest absolute Gasteiger partial charge is 0.244 e. The van der Waals surface area contributed by atoms with Gasteiger partial charge in [-0.1, -0.05) is 20.3 Å². The number of carbonyl (C=O) groups is 1. The minimum atomic E-state index is -0.323. The molecule has 0 radical (unpaired) electrons. The fraction of sp³-hybridized carbons (Fsp3) is 0.700. The van der Waals surface area contributed by atoms with Gasteiger partial charge in [-0.2, -0.15) is 0 Å². The van der Waals surface area contributed by atoms with Crippen LogP contribution < -0.4 is 11.5 Å². The molecule has 1 atom stereocenters. The highest BCUT2D eigenvalue weighted by molar-refractivity contribution is 5.92. The molecule has 0 saturated heterocycles. The summed E-state index contributed by atoms with van der Waals surface area (Å²) in [5, 5.41) is 0.